The predicted octanol–water partition coefficient (Wildman–Crippen LogP) is 4.41. The van der Waals surface area contributed by atoms with Gasteiger partial charge in [0.25, 0.3) is 0 Å². The third-order valence-electron chi connectivity index (χ3n) is 4.91. The van der Waals surface area contributed by atoms with E-state index in [1.807, 2.05) is 35.7 Å². The number of hydrogen-bond acceptors (Lipinski definition) is 7. The number of ether oxygens (including phenoxy) is 2. The van der Waals surface area contributed by atoms with Crippen molar-refractivity contribution in [3.8, 4) is 22.2 Å². The highest BCUT2D eigenvalue weighted by atomic mass is 32.1. The summed E-state index contributed by atoms with van der Waals surface area (Å²) in [5.41, 5.74) is 1.01. The van der Waals surface area contributed by atoms with Crippen molar-refractivity contribution in [3.05, 3.63) is 47.2 Å². The van der Waals surface area contributed by atoms with Gasteiger partial charge in [0, 0.05) is 12.8 Å². The molecule has 7 nitrogen and oxygen atoms in total. The molecule has 3 aromatic rings. The zero-order valence-electron chi connectivity index (χ0n) is 17.1. The molecule has 1 aromatic carbocycles. The lowest BCUT2D eigenvalue weighted by molar-refractivity contribution is -0.122. The maximum atomic E-state index is 12.6. The fraction of sp³-hybridized carbons (Fsp3) is 0.409. The molecule has 0 aliphatic carbocycles. The first-order valence-electron chi connectivity index (χ1n) is 10.2. The van der Waals surface area contributed by atoms with Crippen molar-refractivity contribution in [3.63, 3.8) is 0 Å². The Labute approximate surface area is 179 Å². The molecule has 0 saturated carbocycles. The van der Waals surface area contributed by atoms with Crippen LogP contribution in [0.25, 0.3) is 10.7 Å². The number of benzene rings is 1. The molecule has 158 valence electrons. The van der Waals surface area contributed by atoms with Crippen LogP contribution < -0.4 is 14.8 Å². The summed E-state index contributed by atoms with van der Waals surface area (Å²) in [5, 5.41) is 9.13. The molecule has 0 spiro atoms. The van der Waals surface area contributed by atoms with Crippen molar-refractivity contribution in [1.82, 2.24) is 15.5 Å². The summed E-state index contributed by atoms with van der Waals surface area (Å²) < 4.78 is 16.6. The topological polar surface area (TPSA) is 86.5 Å². The third kappa shape index (κ3) is 4.81. The molecule has 2 aromatic heterocycles. The zero-order valence-corrected chi connectivity index (χ0v) is 17.9. The van der Waals surface area contributed by atoms with Gasteiger partial charge in [-0.2, -0.15) is 4.98 Å². The maximum absolute atomic E-state index is 12.6. The smallest absolute Gasteiger partial charge is 0.226 e. The second-order valence-electron chi connectivity index (χ2n) is 7.53. The van der Waals surface area contributed by atoms with E-state index >= 15 is 0 Å². The Morgan fingerprint density at radius 3 is 2.80 bits per heavy atom. The number of thiophene rings is 1. The lowest BCUT2D eigenvalue weighted by atomic mass is 9.95. The van der Waals surface area contributed by atoms with E-state index in [2.05, 4.69) is 29.3 Å². The number of amides is 1. The van der Waals surface area contributed by atoms with Crippen molar-refractivity contribution in [2.24, 2.45) is 5.92 Å². The first-order valence-corrected chi connectivity index (χ1v) is 11.0. The van der Waals surface area contributed by atoms with Crippen LogP contribution in [0, 0.1) is 5.92 Å². The highest BCUT2D eigenvalue weighted by Crippen LogP contribution is 2.34. The van der Waals surface area contributed by atoms with Crippen molar-refractivity contribution in [1.29, 1.82) is 0 Å². The first-order chi connectivity index (χ1) is 14.6. The van der Waals surface area contributed by atoms with Crippen LogP contribution in [0.5, 0.6) is 11.5 Å². The second kappa shape index (κ2) is 9.30. The van der Waals surface area contributed by atoms with Crippen LogP contribution in [0.1, 0.15) is 44.2 Å². The van der Waals surface area contributed by atoms with Crippen LogP contribution in [0.2, 0.25) is 0 Å². The van der Waals surface area contributed by atoms with Crippen LogP contribution in [0.4, 0.5) is 0 Å². The van der Waals surface area contributed by atoms with E-state index in [-0.39, 0.29) is 17.9 Å². The highest BCUT2D eigenvalue weighted by molar-refractivity contribution is 7.13. The first kappa shape index (κ1) is 20.4. The SMILES string of the molecule is CC(C)C(NC(=O)CCCc1nc(-c2cccs2)no1)c1ccc2c(c1)OCCO2. The van der Waals surface area contributed by atoms with Crippen molar-refractivity contribution in [2.75, 3.05) is 13.2 Å². The van der Waals surface area contributed by atoms with Gasteiger partial charge in [0.2, 0.25) is 17.6 Å². The number of nitrogens with zero attached hydrogens (tertiary/aromatic N) is 2. The summed E-state index contributed by atoms with van der Waals surface area (Å²) >= 11 is 1.57. The minimum atomic E-state index is -0.0952. The Kier molecular flexibility index (Phi) is 6.32. The summed E-state index contributed by atoms with van der Waals surface area (Å²) in [4.78, 5) is 17.9. The van der Waals surface area contributed by atoms with Gasteiger partial charge in [-0.1, -0.05) is 31.1 Å². The second-order valence-corrected chi connectivity index (χ2v) is 8.48. The molecule has 4 rings (SSSR count). The molecule has 1 aliphatic heterocycles. The standard InChI is InChI=1S/C22H25N3O4S/c1-14(2)21(15-8-9-16-17(13-15)28-11-10-27-16)23-19(26)6-3-7-20-24-22(25-29-20)18-5-4-12-30-18/h4-5,8-9,12-14,21H,3,6-7,10-11H2,1-2H3,(H,23,26). The van der Waals surface area contributed by atoms with E-state index in [9.17, 15) is 4.79 Å². The van der Waals surface area contributed by atoms with Crippen LogP contribution in [0.15, 0.2) is 40.2 Å². The number of fused-ring (bicyclic) bond motifs is 1. The summed E-state index contributed by atoms with van der Waals surface area (Å²) in [6.45, 7) is 5.28. The summed E-state index contributed by atoms with van der Waals surface area (Å²) in [6, 6.07) is 9.67. The van der Waals surface area contributed by atoms with Crippen LogP contribution in [0.3, 0.4) is 0 Å². The third-order valence-corrected chi connectivity index (χ3v) is 5.78. The van der Waals surface area contributed by atoms with Gasteiger partial charge < -0.3 is 19.3 Å². The molecule has 8 heteroatoms. The average Bonchev–Trinajstić information content (AvgIpc) is 3.43. The van der Waals surface area contributed by atoms with Gasteiger partial charge in [0.1, 0.15) is 13.2 Å². The van der Waals surface area contributed by atoms with Gasteiger partial charge in [0.05, 0.1) is 10.9 Å². The minimum Gasteiger partial charge on any atom is -0.486 e. The van der Waals surface area contributed by atoms with Crippen molar-refractivity contribution >= 4 is 17.2 Å². The number of carbonyl (C=O) groups excluding carboxylic acids is 1. The molecule has 0 fully saturated rings. The lowest BCUT2D eigenvalue weighted by Gasteiger charge is -2.25. The summed E-state index contributed by atoms with van der Waals surface area (Å²) in [7, 11) is 0. The molecule has 30 heavy (non-hydrogen) atoms. The lowest BCUT2D eigenvalue weighted by Crippen LogP contribution is -2.31. The maximum Gasteiger partial charge on any atom is 0.226 e. The van der Waals surface area contributed by atoms with Crippen LogP contribution in [-0.4, -0.2) is 29.3 Å². The molecule has 1 amide bonds. The van der Waals surface area contributed by atoms with Crippen LogP contribution >= 0.6 is 11.3 Å². The minimum absolute atomic E-state index is 0.00147. The molecule has 1 N–H and O–H groups in total. The molecule has 0 bridgehead atoms. The molecule has 0 radical (unpaired) electrons. The van der Waals surface area contributed by atoms with E-state index in [0.29, 0.717) is 44.2 Å². The Morgan fingerprint density at radius 1 is 1.20 bits per heavy atom. The number of rotatable bonds is 8. The average molecular weight is 428 g/mol. The Balaban J connectivity index is 1.31. The van der Waals surface area contributed by atoms with E-state index < -0.39 is 0 Å². The number of aromatic nitrogens is 2. The molecule has 3 heterocycles. The number of aryl methyl sites for hydroxylation is 1. The Morgan fingerprint density at radius 2 is 2.03 bits per heavy atom. The largest absolute Gasteiger partial charge is 0.486 e. The zero-order chi connectivity index (χ0) is 20.9. The number of carbonyl (C=O) groups is 1. The summed E-state index contributed by atoms with van der Waals surface area (Å²) in [6.07, 6.45) is 1.61. The van der Waals surface area contributed by atoms with Gasteiger partial charge in [-0.25, -0.2) is 0 Å². The predicted molar refractivity (Wildman–Crippen MR) is 114 cm³/mol. The van der Waals surface area contributed by atoms with Crippen molar-refractivity contribution in [2.45, 2.75) is 39.2 Å². The molecule has 0 saturated heterocycles. The van der Waals surface area contributed by atoms with E-state index in [4.69, 9.17) is 14.0 Å². The highest BCUT2D eigenvalue weighted by Gasteiger charge is 2.21. The Hall–Kier alpha value is -2.87. The quantitative estimate of drug-likeness (QED) is 0.573. The van der Waals surface area contributed by atoms with Crippen molar-refractivity contribution < 1.29 is 18.8 Å². The van der Waals surface area contributed by atoms with Gasteiger partial charge in [-0.05, 0) is 41.5 Å². The summed E-state index contributed by atoms with van der Waals surface area (Å²) in [5.74, 6) is 2.88. The van der Waals surface area contributed by atoms with Gasteiger partial charge in [-0.15, -0.1) is 11.3 Å². The van der Waals surface area contributed by atoms with Gasteiger partial charge >= 0.3 is 0 Å². The molecular weight excluding hydrogens is 402 g/mol. The fourth-order valence-corrected chi connectivity index (χ4v) is 4.05. The van der Waals surface area contributed by atoms with Gasteiger partial charge in [0.15, 0.2) is 11.5 Å². The monoisotopic (exact) mass is 427 g/mol. The normalized spacial score (nSPS) is 14.0. The van der Waals surface area contributed by atoms with Crippen LogP contribution in [-0.2, 0) is 11.2 Å². The molecular formula is C22H25N3O4S. The van der Waals surface area contributed by atoms with E-state index in [1.165, 1.54) is 0 Å². The molecule has 1 atom stereocenters. The molecule has 1 aliphatic rings. The van der Waals surface area contributed by atoms with Gasteiger partial charge in [-0.3, -0.25) is 4.79 Å². The van der Waals surface area contributed by atoms with E-state index in [0.717, 1.165) is 21.9 Å². The molecule has 1 unspecified atom stereocenters. The number of hydrogen-bond donors (Lipinski definition) is 1. The number of nitrogens with one attached hydrogen (secondary N) is 1. The fourth-order valence-electron chi connectivity index (χ4n) is 3.40. The van der Waals surface area contributed by atoms with E-state index in [1.54, 1.807) is 11.3 Å². The Bertz CT molecular complexity index is 984.